The van der Waals surface area contributed by atoms with Crippen LogP contribution < -0.4 is 5.32 Å². The van der Waals surface area contributed by atoms with Gasteiger partial charge in [0.15, 0.2) is 0 Å². The molecule has 3 rings (SSSR count). The van der Waals surface area contributed by atoms with Crippen molar-refractivity contribution in [2.45, 2.75) is 29.2 Å². The van der Waals surface area contributed by atoms with Crippen molar-refractivity contribution in [2.75, 3.05) is 0 Å². The second-order valence-electron chi connectivity index (χ2n) is 5.41. The van der Waals surface area contributed by atoms with Gasteiger partial charge in [-0.2, -0.15) is 0 Å². The van der Waals surface area contributed by atoms with Crippen molar-refractivity contribution in [2.24, 2.45) is 0 Å². The number of nitrogens with one attached hydrogen (secondary N) is 2. The van der Waals surface area contributed by atoms with Crippen LogP contribution >= 0.6 is 11.8 Å². The Balaban J connectivity index is 1.45. The molecule has 3 aromatic rings. The van der Waals surface area contributed by atoms with Gasteiger partial charge in [0, 0.05) is 34.6 Å². The molecule has 0 atom stereocenters. The Bertz CT molecular complexity index is 755. The van der Waals surface area contributed by atoms with Crippen LogP contribution in [0.15, 0.2) is 76.9 Å². The molecule has 2 N–H and O–H groups in total. The molecule has 1 heterocycles. The number of hydrogen-bond acceptors (Lipinski definition) is 3. The molecule has 4 nitrogen and oxygen atoms in total. The Hall–Kier alpha value is -2.53. The van der Waals surface area contributed by atoms with E-state index < -0.39 is 0 Å². The number of carbonyl (C=O) groups excluding carboxylic acids is 1. The van der Waals surface area contributed by atoms with Gasteiger partial charge in [0.2, 0.25) is 5.91 Å². The number of H-pyrrole nitrogens is 1. The highest BCUT2D eigenvalue weighted by Crippen LogP contribution is 2.27. The lowest BCUT2D eigenvalue weighted by atomic mass is 10.2. The molecule has 0 fully saturated rings. The lowest BCUT2D eigenvalue weighted by Crippen LogP contribution is -2.23. The molecule has 0 aliphatic carbocycles. The number of hydrogen-bond donors (Lipinski definition) is 2. The average molecular weight is 337 g/mol. The zero-order chi connectivity index (χ0) is 16.6. The van der Waals surface area contributed by atoms with Crippen LogP contribution in [-0.2, 0) is 17.8 Å². The van der Waals surface area contributed by atoms with E-state index in [1.54, 1.807) is 24.3 Å². The first-order valence-corrected chi connectivity index (χ1v) is 8.67. The molecule has 1 aromatic heterocycles. The molecule has 0 aliphatic rings. The Labute approximate surface area is 145 Å². The summed E-state index contributed by atoms with van der Waals surface area (Å²) >= 11 is 1.73. The van der Waals surface area contributed by atoms with Gasteiger partial charge in [-0.05, 0) is 36.2 Å². The Morgan fingerprint density at radius 3 is 2.50 bits per heavy atom. The predicted molar refractivity (Wildman–Crippen MR) is 95.8 cm³/mol. The maximum atomic E-state index is 11.9. The van der Waals surface area contributed by atoms with Gasteiger partial charge < -0.3 is 10.3 Å². The second kappa shape index (κ2) is 8.36. The van der Waals surface area contributed by atoms with E-state index in [1.807, 2.05) is 18.2 Å². The van der Waals surface area contributed by atoms with Gasteiger partial charge in [0.1, 0.15) is 0 Å². The van der Waals surface area contributed by atoms with E-state index in [0.717, 1.165) is 11.3 Å². The lowest BCUT2D eigenvalue weighted by Gasteiger charge is -2.06. The minimum atomic E-state index is 0.0485. The monoisotopic (exact) mass is 337 g/mol. The third kappa shape index (κ3) is 4.99. The van der Waals surface area contributed by atoms with Gasteiger partial charge in [-0.25, -0.2) is 4.98 Å². The van der Waals surface area contributed by atoms with E-state index in [1.165, 1.54) is 9.79 Å². The molecule has 2 aromatic carbocycles. The van der Waals surface area contributed by atoms with Gasteiger partial charge >= 0.3 is 0 Å². The van der Waals surface area contributed by atoms with Gasteiger partial charge in [-0.1, -0.05) is 42.1 Å². The van der Waals surface area contributed by atoms with Gasteiger partial charge in [-0.3, -0.25) is 4.79 Å². The van der Waals surface area contributed by atoms with Crippen LogP contribution in [0.2, 0.25) is 0 Å². The first kappa shape index (κ1) is 16.3. The summed E-state index contributed by atoms with van der Waals surface area (Å²) in [5.74, 6) is 0.0485. The van der Waals surface area contributed by atoms with Gasteiger partial charge in [0.25, 0.3) is 0 Å². The second-order valence-corrected chi connectivity index (χ2v) is 6.56. The molecule has 0 saturated carbocycles. The van der Waals surface area contributed by atoms with Gasteiger partial charge in [-0.15, -0.1) is 0 Å². The Morgan fingerprint density at radius 2 is 1.79 bits per heavy atom. The third-order valence-electron chi connectivity index (χ3n) is 3.57. The molecule has 0 aliphatic heterocycles. The number of aromatic amines is 1. The van der Waals surface area contributed by atoms with Crippen LogP contribution in [0.1, 0.15) is 17.7 Å². The summed E-state index contributed by atoms with van der Waals surface area (Å²) in [6.07, 6.45) is 4.52. The highest BCUT2D eigenvalue weighted by atomic mass is 32.2. The maximum absolute atomic E-state index is 11.9. The summed E-state index contributed by atoms with van der Waals surface area (Å²) in [5.41, 5.74) is 2.08. The normalized spacial score (nSPS) is 10.5. The summed E-state index contributed by atoms with van der Waals surface area (Å²) < 4.78 is 0. The molecule has 0 unspecified atom stereocenters. The number of carbonyl (C=O) groups is 1. The van der Waals surface area contributed by atoms with Crippen molar-refractivity contribution in [3.63, 3.8) is 0 Å². The van der Waals surface area contributed by atoms with Crippen molar-refractivity contribution in [3.8, 4) is 0 Å². The fourth-order valence-electron chi connectivity index (χ4n) is 2.26. The summed E-state index contributed by atoms with van der Waals surface area (Å²) in [6.45, 7) is 0.554. The fraction of sp³-hybridized carbons (Fsp3) is 0.158. The number of rotatable bonds is 7. The number of amides is 1. The largest absolute Gasteiger partial charge is 0.352 e. The van der Waals surface area contributed by atoms with Crippen LogP contribution in [-0.4, -0.2) is 15.9 Å². The van der Waals surface area contributed by atoms with Crippen LogP contribution in [0, 0.1) is 0 Å². The van der Waals surface area contributed by atoms with Crippen LogP contribution in [0.3, 0.4) is 0 Å². The number of benzene rings is 2. The summed E-state index contributed by atoms with van der Waals surface area (Å²) in [6, 6.07) is 18.6. The van der Waals surface area contributed by atoms with E-state index in [0.29, 0.717) is 19.4 Å². The molecular weight excluding hydrogens is 318 g/mol. The predicted octanol–water partition coefficient (Wildman–Crippen LogP) is 3.81. The van der Waals surface area contributed by atoms with Gasteiger partial charge in [0.05, 0.1) is 6.33 Å². The van der Waals surface area contributed by atoms with Crippen LogP contribution in [0.25, 0.3) is 0 Å². The number of nitrogens with zero attached hydrogens (tertiary/aromatic N) is 1. The zero-order valence-electron chi connectivity index (χ0n) is 13.2. The quantitative estimate of drug-likeness (QED) is 0.689. The lowest BCUT2D eigenvalue weighted by molar-refractivity contribution is -0.121. The Kier molecular flexibility index (Phi) is 5.69. The molecule has 0 saturated heterocycles. The molecule has 0 radical (unpaired) electrons. The molecule has 0 bridgehead atoms. The third-order valence-corrected chi connectivity index (χ3v) is 4.58. The molecular formula is C19H19N3OS. The minimum absolute atomic E-state index is 0.0485. The van der Waals surface area contributed by atoms with Crippen LogP contribution in [0.5, 0.6) is 0 Å². The first-order valence-electron chi connectivity index (χ1n) is 7.85. The zero-order valence-corrected chi connectivity index (χ0v) is 14.1. The van der Waals surface area contributed by atoms with Crippen molar-refractivity contribution < 1.29 is 4.79 Å². The summed E-state index contributed by atoms with van der Waals surface area (Å²) in [5, 5.41) is 2.95. The average Bonchev–Trinajstić information content (AvgIpc) is 3.14. The summed E-state index contributed by atoms with van der Waals surface area (Å²) in [7, 11) is 0. The van der Waals surface area contributed by atoms with Crippen molar-refractivity contribution in [1.29, 1.82) is 0 Å². The fourth-order valence-corrected chi connectivity index (χ4v) is 3.10. The highest BCUT2D eigenvalue weighted by molar-refractivity contribution is 7.99. The van der Waals surface area contributed by atoms with Crippen molar-refractivity contribution in [1.82, 2.24) is 15.3 Å². The smallest absolute Gasteiger partial charge is 0.220 e. The maximum Gasteiger partial charge on any atom is 0.220 e. The molecule has 5 heteroatoms. The summed E-state index contributed by atoms with van der Waals surface area (Å²) in [4.78, 5) is 21.2. The molecule has 0 spiro atoms. The first-order chi connectivity index (χ1) is 11.8. The van der Waals surface area contributed by atoms with Crippen LogP contribution in [0.4, 0.5) is 0 Å². The van der Waals surface area contributed by atoms with E-state index in [9.17, 15) is 4.79 Å². The number of aryl methyl sites for hydroxylation is 1. The standard InChI is InChI=1S/C19H19N3OS/c23-19(11-8-16-13-20-14-22-16)21-12-15-6-9-18(10-7-15)24-17-4-2-1-3-5-17/h1-7,9-10,13-14H,8,11-12H2,(H,20,22)(H,21,23). The minimum Gasteiger partial charge on any atom is -0.352 e. The van der Waals surface area contributed by atoms with E-state index >= 15 is 0 Å². The highest BCUT2D eigenvalue weighted by Gasteiger charge is 2.03. The van der Waals surface area contributed by atoms with E-state index in [4.69, 9.17) is 0 Å². The van der Waals surface area contributed by atoms with E-state index in [-0.39, 0.29) is 5.91 Å². The molecule has 1 amide bonds. The van der Waals surface area contributed by atoms with Crippen molar-refractivity contribution in [3.05, 3.63) is 78.4 Å². The van der Waals surface area contributed by atoms with Crippen molar-refractivity contribution >= 4 is 17.7 Å². The topological polar surface area (TPSA) is 57.8 Å². The molecule has 122 valence electrons. The van der Waals surface area contributed by atoms with E-state index in [2.05, 4.69) is 51.7 Å². The Morgan fingerprint density at radius 1 is 1.04 bits per heavy atom. The SMILES string of the molecule is O=C(CCc1cnc[nH]1)NCc1ccc(Sc2ccccc2)cc1. The number of aromatic nitrogens is 2. The number of imidazole rings is 1. The molecule has 24 heavy (non-hydrogen) atoms.